The molecule has 0 aromatic carbocycles. The molecule has 0 bridgehead atoms. The van der Waals surface area contributed by atoms with Crippen LogP contribution in [0.1, 0.15) is 31.2 Å². The molecule has 0 radical (unpaired) electrons. The summed E-state index contributed by atoms with van der Waals surface area (Å²) in [7, 11) is 0. The summed E-state index contributed by atoms with van der Waals surface area (Å²) in [4.78, 5) is 0. The lowest BCUT2D eigenvalue weighted by Gasteiger charge is -2.04. The van der Waals surface area contributed by atoms with E-state index in [1.54, 1.807) is 0 Å². The van der Waals surface area contributed by atoms with E-state index in [1.165, 1.54) is 0 Å². The van der Waals surface area contributed by atoms with Crippen LogP contribution in [0.5, 0.6) is 0 Å². The summed E-state index contributed by atoms with van der Waals surface area (Å²) < 4.78 is 1.98. The summed E-state index contributed by atoms with van der Waals surface area (Å²) in [5, 5.41) is 5.18. The van der Waals surface area contributed by atoms with Crippen molar-refractivity contribution in [1.82, 2.24) is 9.78 Å². The van der Waals surface area contributed by atoms with Gasteiger partial charge in [0, 0.05) is 6.54 Å². The molecular weight excluding hydrogens is 198 g/mol. The largest absolute Gasteiger partial charge is 0.330 e. The van der Waals surface area contributed by atoms with Crippen LogP contribution in [-0.4, -0.2) is 16.3 Å². The fourth-order valence-electron chi connectivity index (χ4n) is 1.54. The molecule has 1 aromatic rings. The van der Waals surface area contributed by atoms with Gasteiger partial charge in [-0.3, -0.25) is 4.68 Å². The highest BCUT2D eigenvalue weighted by molar-refractivity contribution is 6.31. The van der Waals surface area contributed by atoms with Gasteiger partial charge in [-0.2, -0.15) is 5.10 Å². The minimum atomic E-state index is 0.747. The first-order valence-electron chi connectivity index (χ1n) is 5.12. The second-order valence-electron chi connectivity index (χ2n) is 3.41. The molecule has 0 aliphatic carbocycles. The summed E-state index contributed by atoms with van der Waals surface area (Å²) in [5.41, 5.74) is 7.53. The van der Waals surface area contributed by atoms with Gasteiger partial charge in [0.15, 0.2) is 0 Å². The van der Waals surface area contributed by atoms with Gasteiger partial charge in [0.25, 0.3) is 0 Å². The van der Waals surface area contributed by atoms with Crippen molar-refractivity contribution in [3.8, 4) is 0 Å². The second-order valence-corrected chi connectivity index (χ2v) is 3.79. The molecule has 3 nitrogen and oxygen atoms in total. The van der Waals surface area contributed by atoms with Crippen LogP contribution in [0.4, 0.5) is 0 Å². The van der Waals surface area contributed by atoms with E-state index in [4.69, 9.17) is 17.3 Å². The van der Waals surface area contributed by atoms with E-state index in [1.807, 2.05) is 11.6 Å². The maximum absolute atomic E-state index is 6.16. The van der Waals surface area contributed by atoms with Crippen molar-refractivity contribution in [3.05, 3.63) is 16.4 Å². The summed E-state index contributed by atoms with van der Waals surface area (Å²) in [5.74, 6) is 0. The van der Waals surface area contributed by atoms with Crippen molar-refractivity contribution in [2.24, 2.45) is 5.73 Å². The Kier molecular flexibility index (Phi) is 4.42. The van der Waals surface area contributed by atoms with Crippen LogP contribution in [0.25, 0.3) is 0 Å². The molecule has 0 aliphatic rings. The molecule has 14 heavy (non-hydrogen) atoms. The van der Waals surface area contributed by atoms with Gasteiger partial charge in [0.2, 0.25) is 0 Å². The predicted octanol–water partition coefficient (Wildman–Crippen LogP) is 2.15. The molecule has 0 aliphatic heterocycles. The number of hydrogen-bond acceptors (Lipinski definition) is 2. The summed E-state index contributed by atoms with van der Waals surface area (Å²) >= 11 is 6.16. The van der Waals surface area contributed by atoms with E-state index in [2.05, 4.69) is 12.0 Å². The molecule has 0 unspecified atom stereocenters. The predicted molar refractivity (Wildman–Crippen MR) is 59.6 cm³/mol. The average Bonchev–Trinajstić information content (AvgIpc) is 2.45. The zero-order valence-corrected chi connectivity index (χ0v) is 9.64. The first kappa shape index (κ1) is 11.5. The molecule has 0 fully saturated rings. The van der Waals surface area contributed by atoms with Gasteiger partial charge < -0.3 is 5.73 Å². The number of nitrogens with zero attached hydrogens (tertiary/aromatic N) is 2. The lowest BCUT2D eigenvalue weighted by molar-refractivity contribution is 0.600. The van der Waals surface area contributed by atoms with E-state index in [-0.39, 0.29) is 0 Å². The number of aromatic nitrogens is 2. The number of nitrogens with two attached hydrogens (primary N) is 1. The third-order valence-corrected chi connectivity index (χ3v) is 2.81. The molecular formula is C10H18ClN3. The smallest absolute Gasteiger partial charge is 0.0847 e. The quantitative estimate of drug-likeness (QED) is 0.765. The zero-order chi connectivity index (χ0) is 10.6. The highest BCUT2D eigenvalue weighted by Gasteiger charge is 2.11. The number of aryl methyl sites for hydroxylation is 2. The number of rotatable bonds is 5. The van der Waals surface area contributed by atoms with E-state index >= 15 is 0 Å². The Morgan fingerprint density at radius 1 is 1.43 bits per heavy atom. The molecule has 0 amide bonds. The van der Waals surface area contributed by atoms with Gasteiger partial charge in [-0.05, 0) is 39.7 Å². The number of hydrogen-bond donors (Lipinski definition) is 1. The van der Waals surface area contributed by atoms with Crippen LogP contribution in [-0.2, 0) is 13.0 Å². The fraction of sp³-hybridized carbons (Fsp3) is 0.700. The Bertz CT molecular complexity index is 294. The highest BCUT2D eigenvalue weighted by atomic mass is 35.5. The molecule has 0 saturated carbocycles. The molecule has 1 rings (SSSR count). The Hall–Kier alpha value is -0.540. The third kappa shape index (κ3) is 2.49. The Morgan fingerprint density at radius 3 is 2.71 bits per heavy atom. The van der Waals surface area contributed by atoms with Crippen LogP contribution in [0.15, 0.2) is 0 Å². The van der Waals surface area contributed by atoms with Crippen LogP contribution in [0.3, 0.4) is 0 Å². The summed E-state index contributed by atoms with van der Waals surface area (Å²) in [6.07, 6.45) is 3.11. The van der Waals surface area contributed by atoms with E-state index in [0.29, 0.717) is 0 Å². The van der Waals surface area contributed by atoms with Crippen molar-refractivity contribution in [3.63, 3.8) is 0 Å². The van der Waals surface area contributed by atoms with E-state index < -0.39 is 0 Å². The topological polar surface area (TPSA) is 43.8 Å². The van der Waals surface area contributed by atoms with Crippen molar-refractivity contribution in [2.75, 3.05) is 6.54 Å². The third-order valence-electron chi connectivity index (χ3n) is 2.32. The highest BCUT2D eigenvalue weighted by Crippen LogP contribution is 2.21. The minimum Gasteiger partial charge on any atom is -0.330 e. The standard InChI is InChI=1S/C10H18ClN3/c1-3-14-9(6-4-5-7-12)10(11)8(2)13-14/h3-7,12H2,1-2H3. The fourth-order valence-corrected chi connectivity index (χ4v) is 1.77. The molecule has 4 heteroatoms. The van der Waals surface area contributed by atoms with E-state index in [0.717, 1.165) is 48.8 Å². The monoisotopic (exact) mass is 215 g/mol. The van der Waals surface area contributed by atoms with Crippen molar-refractivity contribution >= 4 is 11.6 Å². The summed E-state index contributed by atoms with van der Waals surface area (Å²) in [6.45, 7) is 5.65. The van der Waals surface area contributed by atoms with E-state index in [9.17, 15) is 0 Å². The van der Waals surface area contributed by atoms with Gasteiger partial charge in [-0.25, -0.2) is 0 Å². The molecule has 1 aromatic heterocycles. The van der Waals surface area contributed by atoms with Crippen LogP contribution < -0.4 is 5.73 Å². The SMILES string of the molecule is CCn1nc(C)c(Cl)c1CCCCN. The number of unbranched alkanes of at least 4 members (excludes halogenated alkanes) is 1. The molecule has 0 spiro atoms. The molecule has 0 atom stereocenters. The first-order valence-corrected chi connectivity index (χ1v) is 5.50. The van der Waals surface area contributed by atoms with Crippen molar-refractivity contribution in [2.45, 2.75) is 39.7 Å². The summed E-state index contributed by atoms with van der Waals surface area (Å²) in [6, 6.07) is 0. The van der Waals surface area contributed by atoms with Gasteiger partial charge in [0.05, 0.1) is 16.4 Å². The van der Waals surface area contributed by atoms with Crippen molar-refractivity contribution in [1.29, 1.82) is 0 Å². The second kappa shape index (κ2) is 5.37. The maximum atomic E-state index is 6.16. The zero-order valence-electron chi connectivity index (χ0n) is 8.89. The Morgan fingerprint density at radius 2 is 2.14 bits per heavy atom. The molecule has 0 saturated heterocycles. The number of halogens is 1. The van der Waals surface area contributed by atoms with Gasteiger partial charge >= 0.3 is 0 Å². The lowest BCUT2D eigenvalue weighted by Crippen LogP contribution is -2.05. The van der Waals surface area contributed by atoms with Crippen LogP contribution in [0.2, 0.25) is 5.02 Å². The minimum absolute atomic E-state index is 0.747. The lowest BCUT2D eigenvalue weighted by atomic mass is 10.2. The molecule has 2 N–H and O–H groups in total. The maximum Gasteiger partial charge on any atom is 0.0847 e. The van der Waals surface area contributed by atoms with Crippen LogP contribution in [0, 0.1) is 6.92 Å². The molecule has 80 valence electrons. The van der Waals surface area contributed by atoms with Gasteiger partial charge in [0.1, 0.15) is 0 Å². The van der Waals surface area contributed by atoms with Gasteiger partial charge in [-0.1, -0.05) is 11.6 Å². The van der Waals surface area contributed by atoms with Gasteiger partial charge in [-0.15, -0.1) is 0 Å². The average molecular weight is 216 g/mol. The Labute approximate surface area is 90.2 Å². The van der Waals surface area contributed by atoms with Crippen molar-refractivity contribution < 1.29 is 0 Å². The Balaban J connectivity index is 2.72. The first-order chi connectivity index (χ1) is 6.70. The van der Waals surface area contributed by atoms with Crippen LogP contribution >= 0.6 is 11.6 Å². The normalized spacial score (nSPS) is 10.9. The molecule has 1 heterocycles.